The summed E-state index contributed by atoms with van der Waals surface area (Å²) in [6.45, 7) is 0. The molecule has 0 atom stereocenters. The third-order valence-corrected chi connectivity index (χ3v) is 4.06. The Balaban J connectivity index is 2.13. The smallest absolute Gasteiger partial charge is 0.335 e. The van der Waals surface area contributed by atoms with Gasteiger partial charge in [-0.3, -0.25) is 0 Å². The summed E-state index contributed by atoms with van der Waals surface area (Å²) in [6.07, 6.45) is 0. The zero-order valence-electron chi connectivity index (χ0n) is 9.76. The molecule has 0 aliphatic heterocycles. The monoisotopic (exact) mass is 272 g/mol. The van der Waals surface area contributed by atoms with E-state index in [-0.39, 0.29) is 5.56 Å². The molecule has 0 fully saturated rings. The highest BCUT2D eigenvalue weighted by Gasteiger charge is 2.12. The Morgan fingerprint density at radius 1 is 1.11 bits per heavy atom. The van der Waals surface area contributed by atoms with Crippen LogP contribution in [0.25, 0.3) is 20.5 Å². The van der Waals surface area contributed by atoms with Gasteiger partial charge < -0.3 is 5.11 Å². The van der Waals surface area contributed by atoms with Crippen molar-refractivity contribution in [3.63, 3.8) is 0 Å². The van der Waals surface area contributed by atoms with Gasteiger partial charge in [-0.1, -0.05) is 18.2 Å². The molecule has 0 aliphatic rings. The highest BCUT2D eigenvalue weighted by molar-refractivity contribution is 7.22. The second-order valence-electron chi connectivity index (χ2n) is 4.15. The summed E-state index contributed by atoms with van der Waals surface area (Å²) in [5, 5.41) is 9.88. The summed E-state index contributed by atoms with van der Waals surface area (Å²) >= 11 is 1.49. The summed E-state index contributed by atoms with van der Waals surface area (Å²) in [6, 6.07) is 13.7. The van der Waals surface area contributed by atoms with Crippen molar-refractivity contribution >= 4 is 27.4 Å². The summed E-state index contributed by atoms with van der Waals surface area (Å²) in [5.41, 5.74) is 0.397. The van der Waals surface area contributed by atoms with Gasteiger partial charge in [0.25, 0.3) is 0 Å². The normalized spacial score (nSPS) is 10.8. The number of fused-ring (bicyclic) bond motifs is 1. The number of carbonyl (C=O) groups is 1. The Kier molecular flexibility index (Phi) is 2.80. The standard InChI is InChI=1S/C15H9FO2S/c16-12-7-10(15(17)18)5-6-11(12)14-8-9-3-1-2-4-13(9)19-14/h1-8H,(H,17,18). The number of benzene rings is 2. The molecule has 0 spiro atoms. The maximum Gasteiger partial charge on any atom is 0.335 e. The first-order chi connectivity index (χ1) is 9.15. The molecule has 2 nitrogen and oxygen atoms in total. The number of hydrogen-bond acceptors (Lipinski definition) is 2. The van der Waals surface area contributed by atoms with E-state index in [2.05, 4.69) is 0 Å². The van der Waals surface area contributed by atoms with Crippen LogP contribution in [-0.2, 0) is 0 Å². The van der Waals surface area contributed by atoms with E-state index >= 15 is 0 Å². The summed E-state index contributed by atoms with van der Waals surface area (Å²) < 4.78 is 15.1. The van der Waals surface area contributed by atoms with E-state index < -0.39 is 11.8 Å². The molecule has 1 N–H and O–H groups in total. The van der Waals surface area contributed by atoms with Gasteiger partial charge in [-0.2, -0.15) is 0 Å². The Hall–Kier alpha value is -2.20. The third-order valence-electron chi connectivity index (χ3n) is 2.91. The second-order valence-corrected chi connectivity index (χ2v) is 5.23. The summed E-state index contributed by atoms with van der Waals surface area (Å²) in [4.78, 5) is 11.6. The van der Waals surface area contributed by atoms with Crippen LogP contribution in [0.3, 0.4) is 0 Å². The average molecular weight is 272 g/mol. The molecule has 1 heterocycles. The first-order valence-corrected chi connectivity index (χ1v) is 6.48. The maximum atomic E-state index is 14.0. The van der Waals surface area contributed by atoms with Gasteiger partial charge in [0.2, 0.25) is 0 Å². The molecule has 4 heteroatoms. The number of halogens is 1. The van der Waals surface area contributed by atoms with Crippen LogP contribution in [0.2, 0.25) is 0 Å². The SMILES string of the molecule is O=C(O)c1ccc(-c2cc3ccccc3s2)c(F)c1. The van der Waals surface area contributed by atoms with Crippen LogP contribution in [0.4, 0.5) is 4.39 Å². The summed E-state index contributed by atoms with van der Waals surface area (Å²) in [7, 11) is 0. The van der Waals surface area contributed by atoms with Crippen molar-refractivity contribution < 1.29 is 14.3 Å². The molecule has 3 aromatic rings. The first kappa shape index (κ1) is 11.9. The van der Waals surface area contributed by atoms with Crippen LogP contribution in [-0.4, -0.2) is 11.1 Å². The molecule has 0 saturated carbocycles. The first-order valence-electron chi connectivity index (χ1n) is 5.67. The predicted octanol–water partition coefficient (Wildman–Crippen LogP) is 4.41. The Bertz CT molecular complexity index is 744. The highest BCUT2D eigenvalue weighted by atomic mass is 32.1. The van der Waals surface area contributed by atoms with Crippen molar-refractivity contribution in [3.8, 4) is 10.4 Å². The molecule has 2 aromatic carbocycles. The number of aromatic carboxylic acids is 1. The number of hydrogen-bond donors (Lipinski definition) is 1. The minimum Gasteiger partial charge on any atom is -0.478 e. The molecule has 0 bridgehead atoms. The van der Waals surface area contributed by atoms with Gasteiger partial charge in [0.1, 0.15) is 5.82 Å². The van der Waals surface area contributed by atoms with Gasteiger partial charge in [-0.25, -0.2) is 9.18 Å². The maximum absolute atomic E-state index is 14.0. The second kappa shape index (κ2) is 4.48. The van der Waals surface area contributed by atoms with Crippen molar-refractivity contribution in [1.82, 2.24) is 0 Å². The molecule has 19 heavy (non-hydrogen) atoms. The molecular formula is C15H9FO2S. The Labute approximate surface area is 112 Å². The van der Waals surface area contributed by atoms with Crippen LogP contribution in [0.15, 0.2) is 48.5 Å². The average Bonchev–Trinajstić information content (AvgIpc) is 2.81. The molecule has 0 unspecified atom stereocenters. The predicted molar refractivity (Wildman–Crippen MR) is 74.2 cm³/mol. The van der Waals surface area contributed by atoms with Crippen LogP contribution in [0.1, 0.15) is 10.4 Å². The lowest BCUT2D eigenvalue weighted by molar-refractivity contribution is 0.0696. The van der Waals surface area contributed by atoms with Gasteiger partial charge in [0.05, 0.1) is 5.56 Å². The zero-order valence-corrected chi connectivity index (χ0v) is 10.6. The van der Waals surface area contributed by atoms with E-state index in [0.29, 0.717) is 5.56 Å². The quantitative estimate of drug-likeness (QED) is 0.750. The van der Waals surface area contributed by atoms with Crippen molar-refractivity contribution in [2.45, 2.75) is 0 Å². The fourth-order valence-electron chi connectivity index (χ4n) is 1.96. The van der Waals surface area contributed by atoms with Crippen LogP contribution in [0.5, 0.6) is 0 Å². The van der Waals surface area contributed by atoms with Crippen molar-refractivity contribution in [3.05, 3.63) is 59.9 Å². The molecule has 94 valence electrons. The molecule has 0 radical (unpaired) electrons. The largest absolute Gasteiger partial charge is 0.478 e. The molecule has 0 saturated heterocycles. The van der Waals surface area contributed by atoms with E-state index in [0.717, 1.165) is 21.0 Å². The fraction of sp³-hybridized carbons (Fsp3) is 0. The van der Waals surface area contributed by atoms with Gasteiger partial charge in [-0.05, 0) is 35.7 Å². The third kappa shape index (κ3) is 2.11. The minimum absolute atomic E-state index is 0.0395. The lowest BCUT2D eigenvalue weighted by Crippen LogP contribution is -1.97. The molecule has 0 aliphatic carbocycles. The van der Waals surface area contributed by atoms with Crippen LogP contribution < -0.4 is 0 Å². The molecule has 3 rings (SSSR count). The van der Waals surface area contributed by atoms with Crippen molar-refractivity contribution in [2.24, 2.45) is 0 Å². The number of thiophene rings is 1. The number of carboxylic acid groups (broad SMARTS) is 1. The van der Waals surface area contributed by atoms with Gasteiger partial charge >= 0.3 is 5.97 Å². The van der Waals surface area contributed by atoms with Gasteiger partial charge in [0.15, 0.2) is 0 Å². The highest BCUT2D eigenvalue weighted by Crippen LogP contribution is 2.34. The molecular weight excluding hydrogens is 263 g/mol. The van der Waals surface area contributed by atoms with Crippen LogP contribution in [0, 0.1) is 5.82 Å². The Morgan fingerprint density at radius 2 is 1.89 bits per heavy atom. The number of carboxylic acids is 1. The van der Waals surface area contributed by atoms with Crippen molar-refractivity contribution in [1.29, 1.82) is 0 Å². The van der Waals surface area contributed by atoms with E-state index in [4.69, 9.17) is 5.11 Å². The van der Waals surface area contributed by atoms with E-state index in [1.165, 1.54) is 23.5 Å². The van der Waals surface area contributed by atoms with E-state index in [1.807, 2.05) is 30.3 Å². The van der Waals surface area contributed by atoms with Crippen molar-refractivity contribution in [2.75, 3.05) is 0 Å². The van der Waals surface area contributed by atoms with E-state index in [1.54, 1.807) is 0 Å². The van der Waals surface area contributed by atoms with Crippen LogP contribution >= 0.6 is 11.3 Å². The number of rotatable bonds is 2. The lowest BCUT2D eigenvalue weighted by atomic mass is 10.1. The Morgan fingerprint density at radius 3 is 2.58 bits per heavy atom. The van der Waals surface area contributed by atoms with Gasteiger partial charge in [0, 0.05) is 15.1 Å². The minimum atomic E-state index is -1.12. The zero-order chi connectivity index (χ0) is 13.4. The fourth-order valence-corrected chi connectivity index (χ4v) is 3.05. The topological polar surface area (TPSA) is 37.3 Å². The molecule has 1 aromatic heterocycles. The lowest BCUT2D eigenvalue weighted by Gasteiger charge is -2.01. The summed E-state index contributed by atoms with van der Waals surface area (Å²) in [5.74, 6) is -1.63. The van der Waals surface area contributed by atoms with Gasteiger partial charge in [-0.15, -0.1) is 11.3 Å². The van der Waals surface area contributed by atoms with E-state index in [9.17, 15) is 9.18 Å². The molecule has 0 amide bonds.